The average Bonchev–Trinajstić information content (AvgIpc) is 1.60. The van der Waals surface area contributed by atoms with E-state index in [0.29, 0.717) is 27.9 Å². The summed E-state index contributed by atoms with van der Waals surface area (Å²) in [5.74, 6) is -11.3. The first-order valence-corrected chi connectivity index (χ1v) is 31.3. The number of aliphatic hydroxyl groups excluding tert-OH is 7. The van der Waals surface area contributed by atoms with Crippen LogP contribution >= 0.6 is 23.7 Å². The Morgan fingerprint density at radius 3 is 2.00 bits per heavy atom. The van der Waals surface area contributed by atoms with Crippen LogP contribution in [0, 0.1) is 5.92 Å². The molecule has 3 saturated heterocycles. The fourth-order valence-electron chi connectivity index (χ4n) is 10.8. The molecule has 35 heteroatoms. The van der Waals surface area contributed by atoms with Crippen molar-refractivity contribution in [2.24, 2.45) is 11.7 Å². The van der Waals surface area contributed by atoms with Crippen LogP contribution in [0.1, 0.15) is 93.7 Å². The number of β-amino-alcohol motifs (C(OH)–C–C–N with tert-alkyl or cyclic N) is 1. The molecule has 32 nitrogen and oxygen atoms in total. The third-order valence-electron chi connectivity index (χ3n) is 15.9. The van der Waals surface area contributed by atoms with Crippen LogP contribution < -0.4 is 76.1 Å². The van der Waals surface area contributed by atoms with Gasteiger partial charge < -0.3 is 102 Å². The summed E-state index contributed by atoms with van der Waals surface area (Å²) in [6, 6.07) is 3.98. The Morgan fingerprint density at radius 2 is 1.37 bits per heavy atom. The van der Waals surface area contributed by atoms with Gasteiger partial charge in [-0.25, -0.2) is 0 Å². The first-order valence-electron chi connectivity index (χ1n) is 29.8. The van der Waals surface area contributed by atoms with Crippen LogP contribution in [0.5, 0.6) is 17.2 Å². The van der Waals surface area contributed by atoms with Crippen LogP contribution in [0.4, 0.5) is 0 Å². The summed E-state index contributed by atoms with van der Waals surface area (Å²) in [5, 5.41) is 125. The zero-order chi connectivity index (χ0) is 67.6. The number of phenolic OH excluding ortho intramolecular Hbond substituents is 1. The normalized spacial score (nSPS) is 24.6. The number of nitrogens with one attached hydrogen (secondary N) is 5. The number of ether oxygens (including phenoxy) is 2. The molecule has 3 aliphatic rings. The van der Waals surface area contributed by atoms with E-state index >= 15 is 0 Å². The minimum Gasteiger partial charge on any atom is -0.691 e. The summed E-state index contributed by atoms with van der Waals surface area (Å²) in [5.41, 5.74) is 6.36. The SMILES string of the molecule is COCCCCCCCCOc1ccc(-c2nnc(-c3ccc(C(=O)NC4CC(O)CNC(=O)C5C(O)C(C)CN5C(=O)C(C(O)CC(N)=O)NC(=O)C(C(O)C(O)c5ccc(O)c(OSOO[O-])c5)NC(=O)C5CC(O)CN5C(=O)C(C(C)O)NC4=O)cc3)s2)cc1.[Na+]. The summed E-state index contributed by atoms with van der Waals surface area (Å²) in [6.07, 6.45) is -9.76. The number of fused-ring (bicyclic) bond motifs is 2. The molecule has 94 heavy (non-hydrogen) atoms. The van der Waals surface area contributed by atoms with Gasteiger partial charge in [0.25, 0.3) is 18.2 Å². The Balaban J connectivity index is 0.0000140. The van der Waals surface area contributed by atoms with Crippen molar-refractivity contribution in [3.63, 3.8) is 0 Å². The molecule has 0 radical (unpaired) electrons. The summed E-state index contributed by atoms with van der Waals surface area (Å²) in [4.78, 5) is 115. The topological polar surface area (TPSA) is 486 Å². The number of methoxy groups -OCH3 is 1. The number of aromatic hydroxyl groups is 1. The molecule has 1 aromatic heterocycles. The van der Waals surface area contributed by atoms with E-state index in [1.54, 1.807) is 19.2 Å². The Hall–Kier alpha value is -6.71. The van der Waals surface area contributed by atoms with E-state index in [9.17, 15) is 84.5 Å². The van der Waals surface area contributed by atoms with Crippen LogP contribution in [0.3, 0.4) is 0 Å². The smallest absolute Gasteiger partial charge is 0.691 e. The van der Waals surface area contributed by atoms with E-state index in [-0.39, 0.29) is 53.0 Å². The molecule has 508 valence electrons. The minimum absolute atomic E-state index is 0. The average molecular weight is 1370 g/mol. The van der Waals surface area contributed by atoms with E-state index < -0.39 is 183 Å². The minimum atomic E-state index is -2.54. The monoisotopic (exact) mass is 1360 g/mol. The van der Waals surface area contributed by atoms with E-state index in [0.717, 1.165) is 85.6 Å². The van der Waals surface area contributed by atoms with Gasteiger partial charge in [-0.3, -0.25) is 43.4 Å². The van der Waals surface area contributed by atoms with E-state index in [4.69, 9.17) is 19.4 Å². The predicted molar refractivity (Wildman–Crippen MR) is 324 cm³/mol. The number of aromatic nitrogens is 2. The van der Waals surface area contributed by atoms with Crippen molar-refractivity contribution in [1.82, 2.24) is 46.6 Å². The van der Waals surface area contributed by atoms with E-state index in [1.165, 1.54) is 30.4 Å². The van der Waals surface area contributed by atoms with Crippen LogP contribution in [-0.2, 0) is 47.7 Å². The second-order valence-electron chi connectivity index (χ2n) is 22.8. The Bertz CT molecular complexity index is 3210. The molecule has 7 rings (SSSR count). The number of hydrogen-bond acceptors (Lipinski definition) is 26. The summed E-state index contributed by atoms with van der Waals surface area (Å²) >= 11 is 1.19. The molecule has 3 fully saturated rings. The number of phenols is 1. The van der Waals surface area contributed by atoms with E-state index in [2.05, 4.69) is 46.2 Å². The van der Waals surface area contributed by atoms with Crippen LogP contribution in [0.25, 0.3) is 21.1 Å². The second kappa shape index (κ2) is 36.4. The fraction of sp³-hybridized carbons (Fsp3) is 0.525. The maximum Gasteiger partial charge on any atom is 1.00 e. The van der Waals surface area contributed by atoms with Crippen molar-refractivity contribution in [3.05, 3.63) is 77.9 Å². The number of amides is 8. The third kappa shape index (κ3) is 20.4. The second-order valence-corrected chi connectivity index (χ2v) is 24.2. The van der Waals surface area contributed by atoms with Crippen molar-refractivity contribution in [2.45, 2.75) is 151 Å². The van der Waals surface area contributed by atoms with Gasteiger partial charge in [-0.2, -0.15) is 0 Å². The summed E-state index contributed by atoms with van der Waals surface area (Å²) in [6.45, 7) is 2.02. The number of unbranched alkanes of at least 4 members (excludes halogenated alkanes) is 5. The molecule has 15 N–H and O–H groups in total. The van der Waals surface area contributed by atoms with Gasteiger partial charge in [-0.1, -0.05) is 62.1 Å². The summed E-state index contributed by atoms with van der Waals surface area (Å²) in [7, 11) is 1.70. The van der Waals surface area contributed by atoms with Crippen molar-refractivity contribution in [1.29, 1.82) is 0 Å². The van der Waals surface area contributed by atoms with Crippen LogP contribution in [0.15, 0.2) is 66.7 Å². The Kier molecular flexibility index (Phi) is 29.6. The molecule has 3 aliphatic heterocycles. The van der Waals surface area contributed by atoms with Crippen molar-refractivity contribution < 1.29 is 137 Å². The predicted octanol–water partition coefficient (Wildman–Crippen LogP) is -5.57. The molecule has 3 aromatic carbocycles. The zero-order valence-corrected chi connectivity index (χ0v) is 55.4. The van der Waals surface area contributed by atoms with Gasteiger partial charge in [-0.05, 0) is 73.9 Å². The molecule has 4 aromatic rings. The maximum atomic E-state index is 14.7. The van der Waals surface area contributed by atoms with Crippen LogP contribution in [0.2, 0.25) is 0 Å². The summed E-state index contributed by atoms with van der Waals surface area (Å²) < 4.78 is 20.1. The van der Waals surface area contributed by atoms with Crippen LogP contribution in [-0.4, -0.2) is 221 Å². The number of primary amides is 1. The molecule has 14 atom stereocenters. The number of carbonyl (C=O) groups excluding carboxylic acids is 8. The zero-order valence-electron chi connectivity index (χ0n) is 51.8. The van der Waals surface area contributed by atoms with Gasteiger partial charge in [-0.15, -0.1) is 14.5 Å². The number of benzene rings is 3. The van der Waals surface area contributed by atoms with Crippen molar-refractivity contribution in [2.75, 3.05) is 40.0 Å². The molecular weight excluding hydrogens is 1290 g/mol. The molecule has 8 amide bonds. The molecule has 0 spiro atoms. The number of hydrogen-bond donors (Lipinski definition) is 14. The first-order chi connectivity index (χ1) is 44.4. The van der Waals surface area contributed by atoms with Crippen molar-refractivity contribution >= 4 is 70.9 Å². The quantitative estimate of drug-likeness (QED) is 0.00967. The Labute approximate surface area is 569 Å². The largest absolute Gasteiger partial charge is 1.00 e. The molecule has 4 heterocycles. The maximum absolute atomic E-state index is 14.7. The van der Waals surface area contributed by atoms with Gasteiger partial charge >= 0.3 is 29.6 Å². The number of nitrogens with two attached hydrogens (primary N) is 1. The molecular formula is C59H77N10NaO22S2. The molecule has 14 unspecified atom stereocenters. The van der Waals surface area contributed by atoms with Crippen molar-refractivity contribution in [3.8, 4) is 38.4 Å². The van der Waals surface area contributed by atoms with Gasteiger partial charge in [0, 0.05) is 68.8 Å². The number of aliphatic hydroxyl groups is 7. The standard InChI is InChI=1S/C59H78N10O22S2.Na/c1-29-27-69-47(48(29)76)55(83)61-26-35(71)23-38(62-51(79)31-10-12-32(13-11-31)56-66-67-57(92-56)33-14-17-37(18-15-33)88-21-9-7-5-4-6-8-20-87-3)52(80)63-44(30(2)70)58(84)68-28-36(72)24-39(68)53(81)65-46(54(82)64-45(59(69)85)41(74)25-43(60)75)50(78)49(77)34-16-19-40(73)42(22-34)89-93-91-90-86;/h10-19,22,29-30,35-36,38-39,41,44-50,70-74,76-78,86H,4-9,20-21,23-28H2,1-3H3,(H2,60,75)(H,61,83)(H,62,79)(H,63,80)(H,64,82)(H,65,81);/q;+1/p-1. The molecule has 0 aliphatic carbocycles. The van der Waals surface area contributed by atoms with Gasteiger partial charge in [0.2, 0.25) is 41.4 Å². The third-order valence-corrected chi connectivity index (χ3v) is 17.3. The fourth-order valence-corrected chi connectivity index (χ4v) is 11.9. The number of rotatable bonds is 25. The van der Waals surface area contributed by atoms with Gasteiger partial charge in [0.05, 0.1) is 43.5 Å². The van der Waals surface area contributed by atoms with Gasteiger partial charge in [0.1, 0.15) is 64.2 Å². The molecule has 0 saturated carbocycles. The first kappa shape index (κ1) is 76.3. The Morgan fingerprint density at radius 1 is 0.766 bits per heavy atom. The molecule has 0 bridgehead atoms. The number of nitrogens with zero attached hydrogens (tertiary/aromatic N) is 4. The van der Waals surface area contributed by atoms with E-state index in [1.807, 2.05) is 24.3 Å². The number of carbonyl (C=O) groups is 8. The van der Waals surface area contributed by atoms with Gasteiger partial charge in [0.15, 0.2) is 11.5 Å².